The summed E-state index contributed by atoms with van der Waals surface area (Å²) in [6.07, 6.45) is 58.3. The molecule has 0 rings (SSSR count). The number of hydrogen-bond donors (Lipinski definition) is 3. The van der Waals surface area contributed by atoms with Gasteiger partial charge in [0.15, 0.2) is 12.2 Å². The normalized spacial score (nSPS) is 14.5. The van der Waals surface area contributed by atoms with E-state index >= 15 is 0 Å². The molecule has 0 amide bonds. The van der Waals surface area contributed by atoms with Crippen molar-refractivity contribution in [2.75, 3.05) is 39.6 Å². The Morgan fingerprint density at radius 2 is 0.515 bits per heavy atom. The number of aliphatic hydroxyl groups excluding tert-OH is 1. The van der Waals surface area contributed by atoms with Crippen LogP contribution in [0, 0.1) is 17.8 Å². The fourth-order valence-electron chi connectivity index (χ4n) is 12.2. The van der Waals surface area contributed by atoms with Crippen LogP contribution < -0.4 is 0 Å². The SMILES string of the molecule is CCCCCCCCCCCCCCCCCCC(=O)OC[C@H](COP(=O)(O)OC[C@@H](O)COP(=O)(O)OC[C@@H](COC(=O)CCCCCCCCC(C)CC)OC(=O)CCCCCCCCCCC(C)CC)OC(=O)CCCCCCCCCCCCCCCCCCCCC(C)C. The molecule has 0 aromatic rings. The van der Waals surface area contributed by atoms with Gasteiger partial charge in [0.05, 0.1) is 26.4 Å². The first-order chi connectivity index (χ1) is 47.8. The first-order valence-electron chi connectivity index (χ1n) is 41.4. The van der Waals surface area contributed by atoms with Crippen molar-refractivity contribution in [3.8, 4) is 0 Å². The molecule has 0 fully saturated rings. The number of ether oxygens (including phenoxy) is 4. The molecule has 4 unspecified atom stereocenters. The average molecular weight is 1450 g/mol. The van der Waals surface area contributed by atoms with E-state index in [4.69, 9.17) is 37.0 Å². The number of rotatable bonds is 78. The molecular weight excluding hydrogens is 1290 g/mol. The fraction of sp³-hybridized carbons (Fsp3) is 0.950. The lowest BCUT2D eigenvalue weighted by atomic mass is 9.99. The van der Waals surface area contributed by atoms with E-state index in [-0.39, 0.29) is 25.7 Å². The Kier molecular flexibility index (Phi) is 69.0. The number of unbranched alkanes of at least 4 members (excludes halogenated alkanes) is 44. The van der Waals surface area contributed by atoms with E-state index in [1.54, 1.807) is 0 Å². The monoisotopic (exact) mass is 1450 g/mol. The molecule has 0 saturated heterocycles. The van der Waals surface area contributed by atoms with Crippen molar-refractivity contribution >= 4 is 39.5 Å². The molecule has 0 aliphatic carbocycles. The Bertz CT molecular complexity index is 1930. The Morgan fingerprint density at radius 3 is 0.768 bits per heavy atom. The van der Waals surface area contributed by atoms with Gasteiger partial charge in [0.25, 0.3) is 0 Å². The topological polar surface area (TPSA) is 237 Å². The van der Waals surface area contributed by atoms with E-state index in [0.717, 1.165) is 114 Å². The van der Waals surface area contributed by atoms with Crippen LogP contribution in [0.25, 0.3) is 0 Å². The highest BCUT2D eigenvalue weighted by Crippen LogP contribution is 2.45. The van der Waals surface area contributed by atoms with Crippen molar-refractivity contribution in [2.45, 2.75) is 433 Å². The summed E-state index contributed by atoms with van der Waals surface area (Å²) in [5.74, 6) is 0.206. The van der Waals surface area contributed by atoms with Crippen LogP contribution in [0.4, 0.5) is 0 Å². The van der Waals surface area contributed by atoms with Crippen LogP contribution in [0.2, 0.25) is 0 Å². The molecule has 0 spiro atoms. The summed E-state index contributed by atoms with van der Waals surface area (Å²) in [6.45, 7) is 11.9. The van der Waals surface area contributed by atoms with Gasteiger partial charge in [-0.25, -0.2) is 9.13 Å². The van der Waals surface area contributed by atoms with Crippen molar-refractivity contribution < 1.29 is 80.2 Å². The Hall–Kier alpha value is -1.94. The largest absolute Gasteiger partial charge is 0.472 e. The van der Waals surface area contributed by atoms with Crippen LogP contribution in [-0.2, 0) is 65.4 Å². The molecule has 0 bridgehead atoms. The maximum atomic E-state index is 13.1. The molecule has 588 valence electrons. The number of phosphoric ester groups is 2. The van der Waals surface area contributed by atoms with Crippen LogP contribution in [0.15, 0.2) is 0 Å². The van der Waals surface area contributed by atoms with Crippen molar-refractivity contribution in [3.63, 3.8) is 0 Å². The molecule has 99 heavy (non-hydrogen) atoms. The quantitative estimate of drug-likeness (QED) is 0.0222. The lowest BCUT2D eigenvalue weighted by Crippen LogP contribution is -2.30. The standard InChI is InChI=1S/C80H156O17P2/c1-8-11-12-13-14-15-16-17-18-24-27-30-33-39-47-54-61-77(82)90-67-75(96-79(84)63-56-49-40-34-31-28-25-22-20-19-21-23-26-29-32-37-44-51-58-71(4)5)69-94-98(86,87)92-65-74(81)66-93-99(88,89)95-70-76(68-91-78(83)62-55-48-43-42-46-53-60-73(7)10-3)97-80(85)64-57-50-41-36-35-38-45-52-59-72(6)9-2/h71-76,81H,8-70H2,1-7H3,(H,86,87)(H,88,89)/t72?,73?,74-,75-,76-/m1/s1. The third-order valence-electron chi connectivity index (χ3n) is 19.4. The number of aliphatic hydroxyl groups is 1. The zero-order valence-electron chi connectivity index (χ0n) is 65.0. The number of hydrogen-bond acceptors (Lipinski definition) is 15. The van der Waals surface area contributed by atoms with Crippen molar-refractivity contribution in [1.82, 2.24) is 0 Å². The van der Waals surface area contributed by atoms with Gasteiger partial charge in [0.1, 0.15) is 19.3 Å². The zero-order valence-corrected chi connectivity index (χ0v) is 66.8. The highest BCUT2D eigenvalue weighted by Gasteiger charge is 2.30. The van der Waals surface area contributed by atoms with Gasteiger partial charge in [0.2, 0.25) is 0 Å². The van der Waals surface area contributed by atoms with E-state index in [9.17, 15) is 43.2 Å². The van der Waals surface area contributed by atoms with Gasteiger partial charge in [-0.15, -0.1) is 0 Å². The maximum Gasteiger partial charge on any atom is 0.472 e. The molecule has 3 N–H and O–H groups in total. The molecular formula is C80H156O17P2. The molecule has 0 saturated carbocycles. The van der Waals surface area contributed by atoms with Gasteiger partial charge < -0.3 is 33.8 Å². The smallest absolute Gasteiger partial charge is 0.462 e. The van der Waals surface area contributed by atoms with Gasteiger partial charge in [-0.3, -0.25) is 37.3 Å². The molecule has 7 atom stereocenters. The highest BCUT2D eigenvalue weighted by atomic mass is 31.2. The molecule has 0 aliphatic rings. The second kappa shape index (κ2) is 70.4. The zero-order chi connectivity index (χ0) is 73.0. The Balaban J connectivity index is 5.22. The van der Waals surface area contributed by atoms with E-state index in [1.165, 1.54) is 218 Å². The molecule has 0 aromatic carbocycles. The summed E-state index contributed by atoms with van der Waals surface area (Å²) >= 11 is 0. The van der Waals surface area contributed by atoms with E-state index in [1.807, 2.05) is 0 Å². The minimum atomic E-state index is -4.96. The first kappa shape index (κ1) is 97.1. The van der Waals surface area contributed by atoms with Crippen molar-refractivity contribution in [2.24, 2.45) is 17.8 Å². The maximum absolute atomic E-state index is 13.1. The van der Waals surface area contributed by atoms with Gasteiger partial charge in [0, 0.05) is 25.7 Å². The lowest BCUT2D eigenvalue weighted by Gasteiger charge is -2.21. The lowest BCUT2D eigenvalue weighted by molar-refractivity contribution is -0.161. The van der Waals surface area contributed by atoms with Crippen LogP contribution in [0.5, 0.6) is 0 Å². The highest BCUT2D eigenvalue weighted by molar-refractivity contribution is 7.47. The predicted molar refractivity (Wildman–Crippen MR) is 405 cm³/mol. The number of phosphoric acid groups is 2. The van der Waals surface area contributed by atoms with E-state index in [2.05, 4.69) is 48.5 Å². The average Bonchev–Trinajstić information content (AvgIpc) is 0.962. The third-order valence-corrected chi connectivity index (χ3v) is 21.3. The first-order valence-corrected chi connectivity index (χ1v) is 44.4. The summed E-state index contributed by atoms with van der Waals surface area (Å²) in [4.78, 5) is 72.9. The number of esters is 4. The molecule has 17 nitrogen and oxygen atoms in total. The molecule has 19 heteroatoms. The van der Waals surface area contributed by atoms with E-state index in [0.29, 0.717) is 25.7 Å². The molecule has 0 aliphatic heterocycles. The van der Waals surface area contributed by atoms with E-state index < -0.39 is 97.5 Å². The third kappa shape index (κ3) is 71.5. The number of carbonyl (C=O) groups is 4. The Morgan fingerprint density at radius 1 is 0.293 bits per heavy atom. The minimum Gasteiger partial charge on any atom is -0.462 e. The molecule has 0 heterocycles. The Labute approximate surface area is 607 Å². The van der Waals surface area contributed by atoms with Crippen LogP contribution >= 0.6 is 15.6 Å². The second-order valence-corrected chi connectivity index (χ2v) is 32.7. The summed E-state index contributed by atoms with van der Waals surface area (Å²) in [7, 11) is -9.92. The predicted octanol–water partition coefficient (Wildman–Crippen LogP) is 23.7. The van der Waals surface area contributed by atoms with Crippen LogP contribution in [-0.4, -0.2) is 96.7 Å². The van der Waals surface area contributed by atoms with Gasteiger partial charge in [-0.05, 0) is 43.4 Å². The molecule has 0 aromatic heterocycles. The second-order valence-electron chi connectivity index (χ2n) is 29.8. The van der Waals surface area contributed by atoms with Crippen LogP contribution in [0.3, 0.4) is 0 Å². The van der Waals surface area contributed by atoms with Gasteiger partial charge in [-0.1, -0.05) is 363 Å². The fourth-order valence-corrected chi connectivity index (χ4v) is 13.8. The van der Waals surface area contributed by atoms with Crippen molar-refractivity contribution in [1.29, 1.82) is 0 Å². The van der Waals surface area contributed by atoms with Gasteiger partial charge >= 0.3 is 39.5 Å². The summed E-state index contributed by atoms with van der Waals surface area (Å²) < 4.78 is 68.6. The van der Waals surface area contributed by atoms with Gasteiger partial charge in [-0.2, -0.15) is 0 Å². The summed E-state index contributed by atoms with van der Waals surface area (Å²) in [5.41, 5.74) is 0. The molecule has 0 radical (unpaired) electrons. The van der Waals surface area contributed by atoms with Crippen molar-refractivity contribution in [3.05, 3.63) is 0 Å². The summed E-state index contributed by atoms with van der Waals surface area (Å²) in [5, 5.41) is 10.6. The summed E-state index contributed by atoms with van der Waals surface area (Å²) in [6, 6.07) is 0. The number of carbonyl (C=O) groups excluding carboxylic acids is 4. The minimum absolute atomic E-state index is 0.104. The van der Waals surface area contributed by atoms with Crippen LogP contribution in [0.1, 0.15) is 414 Å².